The van der Waals surface area contributed by atoms with Crippen LogP contribution < -0.4 is 14.4 Å². The Labute approximate surface area is 204 Å². The lowest BCUT2D eigenvalue weighted by atomic mass is 10.1. The first kappa shape index (κ1) is 22.5. The van der Waals surface area contributed by atoms with E-state index in [1.54, 1.807) is 31.3 Å². The van der Waals surface area contributed by atoms with E-state index in [0.717, 1.165) is 51.7 Å². The van der Waals surface area contributed by atoms with Gasteiger partial charge in [-0.2, -0.15) is 5.10 Å². The first-order valence-corrected chi connectivity index (χ1v) is 11.5. The number of methoxy groups -OCH3 is 2. The first-order valence-electron chi connectivity index (χ1n) is 11.5. The van der Waals surface area contributed by atoms with E-state index in [2.05, 4.69) is 56.9 Å². The molecule has 178 valence electrons. The van der Waals surface area contributed by atoms with E-state index in [0.29, 0.717) is 6.54 Å². The molecule has 0 atom stereocenters. The Morgan fingerprint density at radius 3 is 2.40 bits per heavy atom. The van der Waals surface area contributed by atoms with Crippen LogP contribution in [0.5, 0.6) is 11.5 Å². The van der Waals surface area contributed by atoms with Gasteiger partial charge in [-0.3, -0.25) is 9.67 Å². The molecule has 0 fully saturated rings. The second kappa shape index (κ2) is 9.50. The highest BCUT2D eigenvalue weighted by molar-refractivity contribution is 5.82. The standard InChI is InChI=1S/C27H28N6O2/c1-5-32-10-6-7-21(32)18-33(22-11-23(34-3)14-24(12-22)35-4)20-8-9-25-26(13-20)30-27(16-28-25)19-15-29-31(2)17-19/h6-17H,5,18H2,1-4H3. The van der Waals surface area contributed by atoms with Crippen LogP contribution in [0.1, 0.15) is 12.6 Å². The van der Waals surface area contributed by atoms with Gasteiger partial charge in [-0.05, 0) is 37.3 Å². The molecular formula is C27H28N6O2. The molecule has 0 unspecified atom stereocenters. The van der Waals surface area contributed by atoms with E-state index in [1.165, 1.54) is 5.69 Å². The molecule has 0 spiro atoms. The minimum absolute atomic E-state index is 0.665. The quantitative estimate of drug-likeness (QED) is 0.311. The van der Waals surface area contributed by atoms with E-state index in [1.807, 2.05) is 37.5 Å². The van der Waals surface area contributed by atoms with Crippen molar-refractivity contribution >= 4 is 22.4 Å². The maximum atomic E-state index is 5.56. The van der Waals surface area contributed by atoms with Crippen LogP contribution in [-0.2, 0) is 20.1 Å². The SMILES string of the molecule is CCn1cccc1CN(c1cc(OC)cc(OC)c1)c1ccc2ncc(-c3cnn(C)c3)nc2c1. The van der Waals surface area contributed by atoms with E-state index in [9.17, 15) is 0 Å². The summed E-state index contributed by atoms with van der Waals surface area (Å²) in [7, 11) is 5.22. The maximum Gasteiger partial charge on any atom is 0.124 e. The van der Waals surface area contributed by atoms with Crippen molar-refractivity contribution in [1.82, 2.24) is 24.3 Å². The second-order valence-electron chi connectivity index (χ2n) is 8.27. The van der Waals surface area contributed by atoms with Gasteiger partial charge in [0.15, 0.2) is 0 Å². The minimum atomic E-state index is 0.665. The van der Waals surface area contributed by atoms with Gasteiger partial charge >= 0.3 is 0 Å². The number of aryl methyl sites for hydroxylation is 2. The Morgan fingerprint density at radius 1 is 0.914 bits per heavy atom. The van der Waals surface area contributed by atoms with Crippen molar-refractivity contribution < 1.29 is 9.47 Å². The minimum Gasteiger partial charge on any atom is -0.497 e. The average Bonchev–Trinajstić information content (AvgIpc) is 3.54. The normalized spacial score (nSPS) is 11.1. The predicted molar refractivity (Wildman–Crippen MR) is 137 cm³/mol. The molecule has 3 heterocycles. The fourth-order valence-electron chi connectivity index (χ4n) is 4.20. The summed E-state index contributed by atoms with van der Waals surface area (Å²) in [5.74, 6) is 1.46. The van der Waals surface area contributed by atoms with E-state index < -0.39 is 0 Å². The third kappa shape index (κ3) is 4.55. The monoisotopic (exact) mass is 468 g/mol. The summed E-state index contributed by atoms with van der Waals surface area (Å²) < 4.78 is 15.1. The van der Waals surface area contributed by atoms with Gasteiger partial charge < -0.3 is 18.9 Å². The fourth-order valence-corrected chi connectivity index (χ4v) is 4.20. The van der Waals surface area contributed by atoms with Gasteiger partial charge in [0.1, 0.15) is 11.5 Å². The summed E-state index contributed by atoms with van der Waals surface area (Å²) in [6.45, 7) is 3.71. The van der Waals surface area contributed by atoms with Gasteiger partial charge in [-0.1, -0.05) is 0 Å². The number of rotatable bonds is 8. The highest BCUT2D eigenvalue weighted by Crippen LogP contribution is 2.35. The number of ether oxygens (including phenoxy) is 2. The Balaban J connectivity index is 1.63. The lowest BCUT2D eigenvalue weighted by molar-refractivity contribution is 0.394. The summed E-state index contributed by atoms with van der Waals surface area (Å²) in [5.41, 5.74) is 6.52. The van der Waals surface area contributed by atoms with Crippen molar-refractivity contribution in [2.75, 3.05) is 19.1 Å². The number of aromatic nitrogens is 5. The van der Waals surface area contributed by atoms with E-state index in [4.69, 9.17) is 14.5 Å². The van der Waals surface area contributed by atoms with Crippen molar-refractivity contribution in [3.8, 4) is 22.8 Å². The van der Waals surface area contributed by atoms with Crippen LogP contribution in [0.3, 0.4) is 0 Å². The second-order valence-corrected chi connectivity index (χ2v) is 8.27. The number of anilines is 2. The van der Waals surface area contributed by atoms with Crippen molar-refractivity contribution in [3.05, 3.63) is 79.0 Å². The number of hydrogen-bond donors (Lipinski definition) is 0. The molecule has 0 N–H and O–H groups in total. The Morgan fingerprint density at radius 2 is 1.71 bits per heavy atom. The summed E-state index contributed by atoms with van der Waals surface area (Å²) in [5, 5.41) is 4.26. The molecule has 0 saturated carbocycles. The maximum absolute atomic E-state index is 5.56. The number of benzene rings is 2. The molecular weight excluding hydrogens is 440 g/mol. The number of fused-ring (bicyclic) bond motifs is 1. The molecule has 8 heteroatoms. The van der Waals surface area contributed by atoms with Gasteiger partial charge in [-0.25, -0.2) is 4.98 Å². The van der Waals surface area contributed by atoms with Crippen LogP contribution in [0.2, 0.25) is 0 Å². The van der Waals surface area contributed by atoms with Crippen LogP contribution in [0, 0.1) is 0 Å². The summed E-state index contributed by atoms with van der Waals surface area (Å²) >= 11 is 0. The van der Waals surface area contributed by atoms with Crippen molar-refractivity contribution in [1.29, 1.82) is 0 Å². The molecule has 5 aromatic rings. The lowest BCUT2D eigenvalue weighted by Crippen LogP contribution is -2.19. The van der Waals surface area contributed by atoms with Gasteiger partial charge in [0.2, 0.25) is 0 Å². The van der Waals surface area contributed by atoms with Crippen LogP contribution in [0.25, 0.3) is 22.3 Å². The largest absolute Gasteiger partial charge is 0.497 e. The number of hydrogen-bond acceptors (Lipinski definition) is 6. The van der Waals surface area contributed by atoms with Crippen LogP contribution in [0.4, 0.5) is 11.4 Å². The van der Waals surface area contributed by atoms with Crippen molar-refractivity contribution in [2.24, 2.45) is 7.05 Å². The molecule has 0 amide bonds. The van der Waals surface area contributed by atoms with Gasteiger partial charge in [0, 0.05) is 66.8 Å². The van der Waals surface area contributed by atoms with Crippen LogP contribution in [-0.4, -0.2) is 38.5 Å². The summed E-state index contributed by atoms with van der Waals surface area (Å²) in [6, 6.07) is 16.3. The molecule has 0 aliphatic rings. The van der Waals surface area contributed by atoms with Gasteiger partial charge in [0.25, 0.3) is 0 Å². The molecule has 0 aliphatic carbocycles. The molecule has 35 heavy (non-hydrogen) atoms. The Kier molecular flexibility index (Phi) is 6.10. The van der Waals surface area contributed by atoms with Gasteiger partial charge in [0.05, 0.1) is 49.9 Å². The molecule has 0 saturated heterocycles. The summed E-state index contributed by atoms with van der Waals surface area (Å²) in [6.07, 6.45) is 7.63. The topological polar surface area (TPSA) is 70.2 Å². The molecule has 5 rings (SSSR count). The van der Waals surface area contributed by atoms with Crippen molar-refractivity contribution in [3.63, 3.8) is 0 Å². The molecule has 3 aromatic heterocycles. The molecule has 8 nitrogen and oxygen atoms in total. The van der Waals surface area contributed by atoms with Crippen LogP contribution in [0.15, 0.2) is 73.3 Å². The summed E-state index contributed by atoms with van der Waals surface area (Å²) in [4.78, 5) is 11.8. The van der Waals surface area contributed by atoms with E-state index in [-0.39, 0.29) is 0 Å². The molecule has 0 radical (unpaired) electrons. The average molecular weight is 469 g/mol. The molecule has 0 bridgehead atoms. The number of nitrogens with zero attached hydrogens (tertiary/aromatic N) is 6. The smallest absolute Gasteiger partial charge is 0.124 e. The van der Waals surface area contributed by atoms with E-state index >= 15 is 0 Å². The molecule has 0 aliphatic heterocycles. The zero-order valence-corrected chi connectivity index (χ0v) is 20.3. The zero-order chi connectivity index (χ0) is 24.4. The zero-order valence-electron chi connectivity index (χ0n) is 20.3. The first-order chi connectivity index (χ1) is 17.1. The highest BCUT2D eigenvalue weighted by atomic mass is 16.5. The lowest BCUT2D eigenvalue weighted by Gasteiger charge is -2.27. The van der Waals surface area contributed by atoms with Gasteiger partial charge in [-0.15, -0.1) is 0 Å². The third-order valence-electron chi connectivity index (χ3n) is 6.07. The highest BCUT2D eigenvalue weighted by Gasteiger charge is 2.16. The Bertz CT molecular complexity index is 1450. The van der Waals surface area contributed by atoms with Crippen LogP contribution >= 0.6 is 0 Å². The predicted octanol–water partition coefficient (Wildman–Crippen LogP) is 5.21. The third-order valence-corrected chi connectivity index (χ3v) is 6.07. The van der Waals surface area contributed by atoms with Crippen molar-refractivity contribution in [2.45, 2.75) is 20.0 Å². The molecule has 2 aromatic carbocycles. The fraction of sp³-hybridized carbons (Fsp3) is 0.222. The Hall–Kier alpha value is -4.33.